The maximum atomic E-state index is 12.8. The predicted octanol–water partition coefficient (Wildman–Crippen LogP) is 3.62. The Morgan fingerprint density at radius 3 is 2.40 bits per heavy atom. The van der Waals surface area contributed by atoms with Crippen LogP contribution in [0.25, 0.3) is 0 Å². The zero-order chi connectivity index (χ0) is 17.8. The Hall–Kier alpha value is -2.04. The van der Waals surface area contributed by atoms with Gasteiger partial charge in [0.25, 0.3) is 5.91 Å². The summed E-state index contributed by atoms with van der Waals surface area (Å²) in [7, 11) is 1.57. The minimum absolute atomic E-state index is 0.0191. The van der Waals surface area contributed by atoms with Gasteiger partial charge in [0.2, 0.25) is 0 Å². The van der Waals surface area contributed by atoms with Crippen LogP contribution in [0.2, 0.25) is 5.02 Å². The second-order valence-electron chi connectivity index (χ2n) is 6.40. The molecule has 5 heteroatoms. The molecule has 132 valence electrons. The molecule has 0 aromatic heterocycles. The van der Waals surface area contributed by atoms with Crippen LogP contribution >= 0.6 is 11.6 Å². The number of rotatable bonds is 4. The fourth-order valence-electron chi connectivity index (χ4n) is 3.08. The van der Waals surface area contributed by atoms with Crippen molar-refractivity contribution in [1.82, 2.24) is 9.80 Å². The third-order valence-corrected chi connectivity index (χ3v) is 4.81. The number of aryl methyl sites for hydroxylation is 1. The second-order valence-corrected chi connectivity index (χ2v) is 6.83. The molecule has 0 atom stereocenters. The van der Waals surface area contributed by atoms with Crippen molar-refractivity contribution in [3.8, 4) is 5.75 Å². The van der Waals surface area contributed by atoms with Gasteiger partial charge in [-0.15, -0.1) is 0 Å². The van der Waals surface area contributed by atoms with Gasteiger partial charge in [0.15, 0.2) is 0 Å². The van der Waals surface area contributed by atoms with Crippen molar-refractivity contribution in [2.24, 2.45) is 0 Å². The summed E-state index contributed by atoms with van der Waals surface area (Å²) in [5.41, 5.74) is 3.11. The molecule has 0 bridgehead atoms. The predicted molar refractivity (Wildman–Crippen MR) is 100 cm³/mol. The first-order chi connectivity index (χ1) is 12.1. The molecular formula is C20H23ClN2O2. The number of ether oxygens (including phenoxy) is 1. The number of halogens is 1. The van der Waals surface area contributed by atoms with Crippen LogP contribution in [-0.2, 0) is 6.54 Å². The van der Waals surface area contributed by atoms with Gasteiger partial charge in [0.1, 0.15) is 5.75 Å². The number of carbonyl (C=O) groups is 1. The van der Waals surface area contributed by atoms with Crippen molar-refractivity contribution >= 4 is 17.5 Å². The zero-order valence-electron chi connectivity index (χ0n) is 14.7. The van der Waals surface area contributed by atoms with E-state index in [1.807, 2.05) is 4.90 Å². The lowest BCUT2D eigenvalue weighted by atomic mass is 10.1. The maximum absolute atomic E-state index is 12.8. The van der Waals surface area contributed by atoms with E-state index >= 15 is 0 Å². The van der Waals surface area contributed by atoms with E-state index in [1.165, 1.54) is 11.1 Å². The fourth-order valence-corrected chi connectivity index (χ4v) is 3.25. The number of amides is 1. The summed E-state index contributed by atoms with van der Waals surface area (Å²) in [5.74, 6) is 0.547. The van der Waals surface area contributed by atoms with E-state index < -0.39 is 0 Å². The van der Waals surface area contributed by atoms with Crippen LogP contribution in [0.5, 0.6) is 5.75 Å². The third kappa shape index (κ3) is 4.33. The third-order valence-electron chi connectivity index (χ3n) is 4.58. The van der Waals surface area contributed by atoms with E-state index in [-0.39, 0.29) is 5.91 Å². The molecule has 1 heterocycles. The van der Waals surface area contributed by atoms with E-state index in [4.69, 9.17) is 16.3 Å². The van der Waals surface area contributed by atoms with Crippen molar-refractivity contribution in [2.75, 3.05) is 33.3 Å². The fraction of sp³-hybridized carbons (Fsp3) is 0.350. The van der Waals surface area contributed by atoms with E-state index in [1.54, 1.807) is 25.3 Å². The summed E-state index contributed by atoms with van der Waals surface area (Å²) in [6, 6.07) is 13.8. The zero-order valence-corrected chi connectivity index (χ0v) is 15.4. The summed E-state index contributed by atoms with van der Waals surface area (Å²) in [4.78, 5) is 17.1. The lowest BCUT2D eigenvalue weighted by Crippen LogP contribution is -2.48. The van der Waals surface area contributed by atoms with Crippen LogP contribution in [0, 0.1) is 6.92 Å². The van der Waals surface area contributed by atoms with Gasteiger partial charge < -0.3 is 9.64 Å². The Bertz CT molecular complexity index is 738. The highest BCUT2D eigenvalue weighted by atomic mass is 35.5. The molecule has 0 aliphatic carbocycles. The number of hydrogen-bond donors (Lipinski definition) is 0. The number of piperazine rings is 1. The average molecular weight is 359 g/mol. The number of benzene rings is 2. The molecule has 0 radical (unpaired) electrons. The van der Waals surface area contributed by atoms with Crippen molar-refractivity contribution in [2.45, 2.75) is 13.5 Å². The van der Waals surface area contributed by atoms with Crippen molar-refractivity contribution in [3.05, 3.63) is 64.2 Å². The molecule has 1 fully saturated rings. The molecule has 0 unspecified atom stereocenters. The Balaban J connectivity index is 1.61. The van der Waals surface area contributed by atoms with Crippen LogP contribution in [0.4, 0.5) is 0 Å². The largest absolute Gasteiger partial charge is 0.496 e. The monoisotopic (exact) mass is 358 g/mol. The molecular weight excluding hydrogens is 336 g/mol. The van der Waals surface area contributed by atoms with E-state index in [9.17, 15) is 4.79 Å². The van der Waals surface area contributed by atoms with Crippen LogP contribution < -0.4 is 4.74 Å². The molecule has 3 rings (SSSR count). The summed E-state index contributed by atoms with van der Waals surface area (Å²) < 4.78 is 5.31. The first kappa shape index (κ1) is 17.8. The molecule has 1 aliphatic rings. The molecule has 0 N–H and O–H groups in total. The van der Waals surface area contributed by atoms with Gasteiger partial charge in [0.05, 0.1) is 12.7 Å². The molecule has 1 amide bonds. The number of hydrogen-bond acceptors (Lipinski definition) is 3. The van der Waals surface area contributed by atoms with Crippen LogP contribution in [-0.4, -0.2) is 49.0 Å². The highest BCUT2D eigenvalue weighted by molar-refractivity contribution is 6.31. The quantitative estimate of drug-likeness (QED) is 0.837. The van der Waals surface area contributed by atoms with Gasteiger partial charge >= 0.3 is 0 Å². The first-order valence-corrected chi connectivity index (χ1v) is 8.85. The minimum Gasteiger partial charge on any atom is -0.496 e. The highest BCUT2D eigenvalue weighted by Crippen LogP contribution is 2.24. The number of carbonyl (C=O) groups excluding carboxylic acids is 1. The molecule has 1 aliphatic heterocycles. The summed E-state index contributed by atoms with van der Waals surface area (Å²) >= 11 is 6.05. The molecule has 25 heavy (non-hydrogen) atoms. The molecule has 1 saturated heterocycles. The number of nitrogens with zero attached hydrogens (tertiary/aromatic N) is 2. The first-order valence-electron chi connectivity index (χ1n) is 8.47. The summed E-state index contributed by atoms with van der Waals surface area (Å²) in [6.07, 6.45) is 0. The summed E-state index contributed by atoms with van der Waals surface area (Å²) in [5, 5.41) is 0.544. The van der Waals surface area contributed by atoms with Crippen LogP contribution in [0.3, 0.4) is 0 Å². The normalized spacial score (nSPS) is 15.2. The van der Waals surface area contributed by atoms with E-state index in [0.29, 0.717) is 29.4 Å². The van der Waals surface area contributed by atoms with Crippen molar-refractivity contribution in [3.63, 3.8) is 0 Å². The van der Waals surface area contributed by atoms with Crippen LogP contribution in [0.1, 0.15) is 21.5 Å². The lowest BCUT2D eigenvalue weighted by Gasteiger charge is -2.35. The Kier molecular flexibility index (Phi) is 5.61. The van der Waals surface area contributed by atoms with E-state index in [2.05, 4.69) is 36.1 Å². The highest BCUT2D eigenvalue weighted by Gasteiger charge is 2.24. The number of methoxy groups -OCH3 is 1. The average Bonchev–Trinajstić information content (AvgIpc) is 2.63. The topological polar surface area (TPSA) is 32.8 Å². The lowest BCUT2D eigenvalue weighted by molar-refractivity contribution is 0.0625. The van der Waals surface area contributed by atoms with Crippen molar-refractivity contribution in [1.29, 1.82) is 0 Å². The second kappa shape index (κ2) is 7.89. The summed E-state index contributed by atoms with van der Waals surface area (Å²) in [6.45, 7) is 6.16. The molecule has 0 saturated carbocycles. The van der Waals surface area contributed by atoms with Crippen molar-refractivity contribution < 1.29 is 9.53 Å². The Labute approximate surface area is 154 Å². The smallest absolute Gasteiger partial charge is 0.257 e. The van der Waals surface area contributed by atoms with Crippen LogP contribution in [0.15, 0.2) is 42.5 Å². The Morgan fingerprint density at radius 2 is 1.76 bits per heavy atom. The van der Waals surface area contributed by atoms with Gasteiger partial charge in [-0.25, -0.2) is 0 Å². The standard InChI is InChI=1S/C20H23ClN2O2/c1-15-3-5-16(6-4-15)14-22-9-11-23(12-10-22)20(24)18-13-17(21)7-8-19(18)25-2/h3-8,13H,9-12,14H2,1-2H3. The molecule has 2 aromatic carbocycles. The SMILES string of the molecule is COc1ccc(Cl)cc1C(=O)N1CCN(Cc2ccc(C)cc2)CC1. The maximum Gasteiger partial charge on any atom is 0.257 e. The van der Waals surface area contributed by atoms with Gasteiger partial charge in [0, 0.05) is 37.7 Å². The van der Waals surface area contributed by atoms with Gasteiger partial charge in [-0.1, -0.05) is 41.4 Å². The van der Waals surface area contributed by atoms with Gasteiger partial charge in [-0.05, 0) is 30.7 Å². The minimum atomic E-state index is -0.0191. The van der Waals surface area contributed by atoms with Gasteiger partial charge in [-0.3, -0.25) is 9.69 Å². The molecule has 0 spiro atoms. The molecule has 2 aromatic rings. The Morgan fingerprint density at radius 1 is 1.08 bits per heavy atom. The van der Waals surface area contributed by atoms with E-state index in [0.717, 1.165) is 19.6 Å². The van der Waals surface area contributed by atoms with Gasteiger partial charge in [-0.2, -0.15) is 0 Å². The molecule has 4 nitrogen and oxygen atoms in total.